The van der Waals surface area contributed by atoms with E-state index in [1.165, 1.54) is 4.90 Å². The lowest BCUT2D eigenvalue weighted by Gasteiger charge is -2.34. The maximum atomic E-state index is 11.5. The average Bonchev–Trinajstić information content (AvgIpc) is 2.48. The third kappa shape index (κ3) is 1.66. The number of nitrogens with two attached hydrogens (primary N) is 1. The van der Waals surface area contributed by atoms with E-state index in [0.29, 0.717) is 5.75 Å². The summed E-state index contributed by atoms with van der Waals surface area (Å²) in [6.07, 6.45) is 3.98. The van der Waals surface area contributed by atoms with E-state index in [0.717, 1.165) is 37.4 Å². The first-order valence-corrected chi connectivity index (χ1v) is 5.93. The molecule has 2 fully saturated rings. The van der Waals surface area contributed by atoms with Gasteiger partial charge in [0.05, 0.1) is 11.8 Å². The van der Waals surface area contributed by atoms with Gasteiger partial charge in [-0.25, -0.2) is 0 Å². The number of carbonyl (C=O) groups excluding carboxylic acids is 2. The zero-order valence-electron chi connectivity index (χ0n) is 7.94. The second kappa shape index (κ2) is 3.90. The molecule has 4 nitrogen and oxygen atoms in total. The molecule has 5 heteroatoms. The van der Waals surface area contributed by atoms with Crippen LogP contribution in [-0.4, -0.2) is 33.9 Å². The van der Waals surface area contributed by atoms with Crippen LogP contribution >= 0.6 is 11.8 Å². The van der Waals surface area contributed by atoms with Crippen molar-refractivity contribution in [3.8, 4) is 0 Å². The Morgan fingerprint density at radius 2 is 2.00 bits per heavy atom. The Hall–Kier alpha value is -0.550. The minimum Gasteiger partial charge on any atom is -0.326 e. The standard InChI is InChI=1S/C9H14N2O2S/c10-6-3-1-2-4-7(6)11-8(12)5-14-9(11)13/h6-7H,1-5,10H2/t6-,7-/m0/s1. The van der Waals surface area contributed by atoms with Gasteiger partial charge in [-0.15, -0.1) is 0 Å². The Bertz CT molecular complexity index is 254. The van der Waals surface area contributed by atoms with Crippen LogP contribution in [0.5, 0.6) is 0 Å². The van der Waals surface area contributed by atoms with Crippen molar-refractivity contribution in [3.63, 3.8) is 0 Å². The SMILES string of the molecule is N[C@H]1CCCC[C@@H]1N1C(=O)CSC1=O. The summed E-state index contributed by atoms with van der Waals surface area (Å²) in [6.45, 7) is 0. The lowest BCUT2D eigenvalue weighted by atomic mass is 9.90. The van der Waals surface area contributed by atoms with Crippen LogP contribution in [0.15, 0.2) is 0 Å². The van der Waals surface area contributed by atoms with E-state index >= 15 is 0 Å². The van der Waals surface area contributed by atoms with Gasteiger partial charge in [-0.2, -0.15) is 0 Å². The van der Waals surface area contributed by atoms with Gasteiger partial charge in [0.2, 0.25) is 5.91 Å². The van der Waals surface area contributed by atoms with Gasteiger partial charge in [0.25, 0.3) is 5.24 Å². The van der Waals surface area contributed by atoms with Crippen molar-refractivity contribution < 1.29 is 9.59 Å². The normalized spacial score (nSPS) is 33.9. The molecule has 1 aliphatic heterocycles. The van der Waals surface area contributed by atoms with E-state index in [4.69, 9.17) is 5.73 Å². The molecule has 1 heterocycles. The quantitative estimate of drug-likeness (QED) is 0.706. The number of nitrogens with zero attached hydrogens (tertiary/aromatic N) is 1. The Labute approximate surface area is 87.2 Å². The molecular weight excluding hydrogens is 200 g/mol. The molecule has 0 bridgehead atoms. The van der Waals surface area contributed by atoms with Crippen LogP contribution < -0.4 is 5.73 Å². The molecule has 1 saturated heterocycles. The second-order valence-corrected chi connectivity index (χ2v) is 4.76. The Morgan fingerprint density at radius 3 is 2.57 bits per heavy atom. The van der Waals surface area contributed by atoms with E-state index in [1.54, 1.807) is 0 Å². The molecular formula is C9H14N2O2S. The van der Waals surface area contributed by atoms with Gasteiger partial charge in [-0.1, -0.05) is 24.6 Å². The zero-order chi connectivity index (χ0) is 10.1. The Morgan fingerprint density at radius 1 is 1.29 bits per heavy atom. The molecule has 0 aromatic rings. The van der Waals surface area contributed by atoms with Gasteiger partial charge >= 0.3 is 0 Å². The van der Waals surface area contributed by atoms with Crippen LogP contribution in [-0.2, 0) is 4.79 Å². The monoisotopic (exact) mass is 214 g/mol. The van der Waals surface area contributed by atoms with Crippen molar-refractivity contribution in [2.24, 2.45) is 5.73 Å². The molecule has 14 heavy (non-hydrogen) atoms. The van der Waals surface area contributed by atoms with Gasteiger partial charge in [0.1, 0.15) is 0 Å². The third-order valence-electron chi connectivity index (χ3n) is 2.90. The number of carbonyl (C=O) groups is 2. The fourth-order valence-electron chi connectivity index (χ4n) is 2.15. The predicted molar refractivity (Wildman–Crippen MR) is 54.9 cm³/mol. The number of rotatable bonds is 1. The molecule has 0 aromatic carbocycles. The molecule has 2 rings (SSSR count). The molecule has 0 unspecified atom stereocenters. The molecule has 78 valence electrons. The molecule has 2 amide bonds. The average molecular weight is 214 g/mol. The zero-order valence-corrected chi connectivity index (χ0v) is 8.76. The molecule has 1 saturated carbocycles. The van der Waals surface area contributed by atoms with E-state index in [-0.39, 0.29) is 23.2 Å². The van der Waals surface area contributed by atoms with Gasteiger partial charge in [0.15, 0.2) is 0 Å². The first kappa shape index (κ1) is 9.98. The highest BCUT2D eigenvalue weighted by Crippen LogP contribution is 2.28. The Kier molecular flexibility index (Phi) is 2.78. The summed E-state index contributed by atoms with van der Waals surface area (Å²) in [4.78, 5) is 24.3. The number of hydrogen-bond donors (Lipinski definition) is 1. The molecule has 0 aromatic heterocycles. The molecule has 1 aliphatic carbocycles. The first-order valence-electron chi connectivity index (χ1n) is 4.94. The topological polar surface area (TPSA) is 63.4 Å². The molecule has 2 aliphatic rings. The molecule has 2 atom stereocenters. The van der Waals surface area contributed by atoms with Crippen molar-refractivity contribution >= 4 is 22.9 Å². The van der Waals surface area contributed by atoms with E-state index in [9.17, 15) is 9.59 Å². The predicted octanol–water partition coefficient (Wildman–Crippen LogP) is 0.952. The van der Waals surface area contributed by atoms with E-state index in [1.807, 2.05) is 0 Å². The molecule has 2 N–H and O–H groups in total. The van der Waals surface area contributed by atoms with Crippen molar-refractivity contribution in [2.75, 3.05) is 5.75 Å². The summed E-state index contributed by atoms with van der Waals surface area (Å²) >= 11 is 1.09. The summed E-state index contributed by atoms with van der Waals surface area (Å²) in [5.41, 5.74) is 5.93. The summed E-state index contributed by atoms with van der Waals surface area (Å²) in [6, 6.07) is -0.0610. The summed E-state index contributed by atoms with van der Waals surface area (Å²) in [5.74, 6) is 0.226. The Balaban J connectivity index is 2.12. The number of imide groups is 1. The van der Waals surface area contributed by atoms with Crippen LogP contribution in [0.2, 0.25) is 0 Å². The van der Waals surface area contributed by atoms with Crippen molar-refractivity contribution in [1.29, 1.82) is 0 Å². The fraction of sp³-hybridized carbons (Fsp3) is 0.778. The summed E-state index contributed by atoms with van der Waals surface area (Å²) < 4.78 is 0. The summed E-state index contributed by atoms with van der Waals surface area (Å²) in [5, 5.41) is -0.114. The van der Waals surface area contributed by atoms with Crippen molar-refractivity contribution in [3.05, 3.63) is 0 Å². The molecule has 0 radical (unpaired) electrons. The third-order valence-corrected chi connectivity index (χ3v) is 3.73. The van der Waals surface area contributed by atoms with Crippen LogP contribution in [0.4, 0.5) is 4.79 Å². The van der Waals surface area contributed by atoms with Gasteiger partial charge in [-0.05, 0) is 12.8 Å². The largest absolute Gasteiger partial charge is 0.326 e. The smallest absolute Gasteiger partial charge is 0.289 e. The minimum atomic E-state index is -0.114. The van der Waals surface area contributed by atoms with E-state index < -0.39 is 0 Å². The summed E-state index contributed by atoms with van der Waals surface area (Å²) in [7, 11) is 0. The molecule has 0 spiro atoms. The lowest BCUT2D eigenvalue weighted by molar-refractivity contribution is -0.126. The highest BCUT2D eigenvalue weighted by Gasteiger charge is 2.39. The van der Waals surface area contributed by atoms with Gasteiger partial charge in [0, 0.05) is 6.04 Å². The van der Waals surface area contributed by atoms with Gasteiger partial charge in [-0.3, -0.25) is 14.5 Å². The highest BCUT2D eigenvalue weighted by atomic mass is 32.2. The number of amides is 2. The van der Waals surface area contributed by atoms with Crippen LogP contribution in [0, 0.1) is 0 Å². The maximum Gasteiger partial charge on any atom is 0.289 e. The van der Waals surface area contributed by atoms with Crippen LogP contribution in [0.3, 0.4) is 0 Å². The fourth-order valence-corrected chi connectivity index (χ4v) is 2.91. The highest BCUT2D eigenvalue weighted by molar-refractivity contribution is 8.14. The van der Waals surface area contributed by atoms with Crippen molar-refractivity contribution in [2.45, 2.75) is 37.8 Å². The lowest BCUT2D eigenvalue weighted by Crippen LogP contribution is -2.51. The van der Waals surface area contributed by atoms with E-state index in [2.05, 4.69) is 0 Å². The number of hydrogen-bond acceptors (Lipinski definition) is 4. The van der Waals surface area contributed by atoms with Crippen LogP contribution in [0.25, 0.3) is 0 Å². The van der Waals surface area contributed by atoms with Crippen molar-refractivity contribution in [1.82, 2.24) is 4.90 Å². The second-order valence-electron chi connectivity index (χ2n) is 3.83. The van der Waals surface area contributed by atoms with Gasteiger partial charge < -0.3 is 5.73 Å². The van der Waals surface area contributed by atoms with Crippen LogP contribution in [0.1, 0.15) is 25.7 Å². The minimum absolute atomic E-state index is 0.0182. The maximum absolute atomic E-state index is 11.5. The first-order chi connectivity index (χ1) is 6.70. The number of thioether (sulfide) groups is 1.